The molecule has 0 unspecified atom stereocenters. The third-order valence-electron chi connectivity index (χ3n) is 2.41. The summed E-state index contributed by atoms with van der Waals surface area (Å²) in [6, 6.07) is 5.40. The molecule has 0 spiro atoms. The number of aliphatic hydroxyl groups is 2. The van der Waals surface area contributed by atoms with Crippen LogP contribution < -0.4 is 4.74 Å². The highest BCUT2D eigenvalue weighted by atomic mass is 16.5. The molecule has 1 aromatic carbocycles. The normalized spacial score (nSPS) is 10.4. The number of unbranched alkanes of at least 4 members (excludes halogenated alkanes) is 2. The summed E-state index contributed by atoms with van der Waals surface area (Å²) >= 11 is 0. The Morgan fingerprint density at radius 2 is 1.62 bits per heavy atom. The molecule has 0 atom stereocenters. The fourth-order valence-corrected chi connectivity index (χ4v) is 1.54. The monoisotopic (exact) mass is 224 g/mol. The van der Waals surface area contributed by atoms with Gasteiger partial charge in [-0.1, -0.05) is 25.8 Å². The number of benzene rings is 1. The Morgan fingerprint density at radius 3 is 2.12 bits per heavy atom. The van der Waals surface area contributed by atoms with Crippen molar-refractivity contribution in [1.29, 1.82) is 0 Å². The fraction of sp³-hybridized carbons (Fsp3) is 0.538. The fourth-order valence-electron chi connectivity index (χ4n) is 1.54. The average molecular weight is 224 g/mol. The zero-order chi connectivity index (χ0) is 11.8. The van der Waals surface area contributed by atoms with E-state index in [1.54, 1.807) is 6.07 Å². The molecule has 0 aliphatic heterocycles. The zero-order valence-corrected chi connectivity index (χ0v) is 9.78. The van der Waals surface area contributed by atoms with Crippen molar-refractivity contribution in [3.05, 3.63) is 29.3 Å². The zero-order valence-electron chi connectivity index (χ0n) is 9.78. The number of rotatable bonds is 7. The van der Waals surface area contributed by atoms with E-state index in [1.165, 1.54) is 6.42 Å². The van der Waals surface area contributed by atoms with E-state index in [0.717, 1.165) is 29.7 Å². The highest BCUT2D eigenvalue weighted by Crippen LogP contribution is 2.18. The van der Waals surface area contributed by atoms with E-state index in [4.69, 9.17) is 14.9 Å². The molecular weight excluding hydrogens is 204 g/mol. The minimum absolute atomic E-state index is 0.0286. The lowest BCUT2D eigenvalue weighted by Gasteiger charge is -2.09. The summed E-state index contributed by atoms with van der Waals surface area (Å²) in [6.45, 7) is 2.78. The van der Waals surface area contributed by atoms with Gasteiger partial charge < -0.3 is 14.9 Å². The predicted molar refractivity (Wildman–Crippen MR) is 63.3 cm³/mol. The van der Waals surface area contributed by atoms with Crippen molar-refractivity contribution in [2.45, 2.75) is 39.4 Å². The highest BCUT2D eigenvalue weighted by molar-refractivity contribution is 5.33. The second-order valence-electron chi connectivity index (χ2n) is 3.86. The van der Waals surface area contributed by atoms with Gasteiger partial charge in [0.05, 0.1) is 19.8 Å². The van der Waals surface area contributed by atoms with E-state index in [2.05, 4.69) is 6.92 Å². The smallest absolute Gasteiger partial charge is 0.120 e. The standard InChI is InChI=1S/C13H20O3/c1-2-3-4-5-16-13-7-11(9-14)6-12(8-13)10-15/h6-8,14-15H,2-5,9-10H2,1H3. The van der Waals surface area contributed by atoms with E-state index in [9.17, 15) is 0 Å². The van der Waals surface area contributed by atoms with Crippen LogP contribution in [-0.2, 0) is 13.2 Å². The maximum atomic E-state index is 9.05. The van der Waals surface area contributed by atoms with Crippen molar-refractivity contribution < 1.29 is 14.9 Å². The maximum absolute atomic E-state index is 9.05. The van der Waals surface area contributed by atoms with Crippen LogP contribution in [0, 0.1) is 0 Å². The molecule has 2 N–H and O–H groups in total. The molecule has 3 heteroatoms. The van der Waals surface area contributed by atoms with Crippen LogP contribution in [-0.4, -0.2) is 16.8 Å². The second kappa shape index (κ2) is 7.25. The van der Waals surface area contributed by atoms with E-state index in [0.29, 0.717) is 6.61 Å². The first-order valence-corrected chi connectivity index (χ1v) is 5.77. The van der Waals surface area contributed by atoms with Crippen LogP contribution in [0.3, 0.4) is 0 Å². The Labute approximate surface area is 96.7 Å². The molecule has 0 aliphatic rings. The number of hydrogen-bond acceptors (Lipinski definition) is 3. The molecule has 0 aliphatic carbocycles. The van der Waals surface area contributed by atoms with E-state index in [-0.39, 0.29) is 13.2 Å². The molecule has 3 nitrogen and oxygen atoms in total. The van der Waals surface area contributed by atoms with Gasteiger partial charge in [0, 0.05) is 0 Å². The van der Waals surface area contributed by atoms with Crippen LogP contribution in [0.25, 0.3) is 0 Å². The maximum Gasteiger partial charge on any atom is 0.120 e. The molecule has 16 heavy (non-hydrogen) atoms. The molecule has 0 fully saturated rings. The lowest BCUT2D eigenvalue weighted by molar-refractivity contribution is 0.270. The van der Waals surface area contributed by atoms with Gasteiger partial charge in [0.2, 0.25) is 0 Å². The molecule has 0 aromatic heterocycles. The Hall–Kier alpha value is -1.06. The third kappa shape index (κ3) is 4.21. The van der Waals surface area contributed by atoms with E-state index < -0.39 is 0 Å². The van der Waals surface area contributed by atoms with Crippen LogP contribution in [0.5, 0.6) is 5.75 Å². The first-order chi connectivity index (χ1) is 7.80. The first kappa shape index (κ1) is 13.0. The van der Waals surface area contributed by atoms with Gasteiger partial charge in [-0.25, -0.2) is 0 Å². The lowest BCUT2D eigenvalue weighted by Crippen LogP contribution is -1.99. The van der Waals surface area contributed by atoms with Gasteiger partial charge in [0.1, 0.15) is 5.75 Å². The Kier molecular flexibility index (Phi) is 5.90. The van der Waals surface area contributed by atoms with Crippen molar-refractivity contribution in [1.82, 2.24) is 0 Å². The van der Waals surface area contributed by atoms with Crippen LogP contribution in [0.4, 0.5) is 0 Å². The molecule has 1 aromatic rings. The lowest BCUT2D eigenvalue weighted by atomic mass is 10.1. The molecule has 0 bridgehead atoms. The van der Waals surface area contributed by atoms with Gasteiger partial charge in [-0.2, -0.15) is 0 Å². The van der Waals surface area contributed by atoms with Crippen molar-refractivity contribution in [2.75, 3.05) is 6.61 Å². The van der Waals surface area contributed by atoms with Crippen LogP contribution in [0.15, 0.2) is 18.2 Å². The van der Waals surface area contributed by atoms with E-state index >= 15 is 0 Å². The van der Waals surface area contributed by atoms with Crippen LogP contribution in [0.2, 0.25) is 0 Å². The molecule has 0 saturated carbocycles. The predicted octanol–water partition coefficient (Wildman–Crippen LogP) is 2.24. The summed E-state index contributed by atoms with van der Waals surface area (Å²) in [6.07, 6.45) is 3.36. The quantitative estimate of drug-likeness (QED) is 0.698. The third-order valence-corrected chi connectivity index (χ3v) is 2.41. The minimum Gasteiger partial charge on any atom is -0.494 e. The SMILES string of the molecule is CCCCCOc1cc(CO)cc(CO)c1. The number of ether oxygens (including phenoxy) is 1. The van der Waals surface area contributed by atoms with Gasteiger partial charge in [-0.3, -0.25) is 0 Å². The largest absolute Gasteiger partial charge is 0.494 e. The van der Waals surface area contributed by atoms with Gasteiger partial charge >= 0.3 is 0 Å². The number of aliphatic hydroxyl groups excluding tert-OH is 2. The summed E-state index contributed by atoms with van der Waals surface area (Å²) in [7, 11) is 0. The summed E-state index contributed by atoms with van der Waals surface area (Å²) in [5, 5.41) is 18.1. The van der Waals surface area contributed by atoms with Crippen molar-refractivity contribution >= 4 is 0 Å². The van der Waals surface area contributed by atoms with Crippen molar-refractivity contribution in [3.63, 3.8) is 0 Å². The molecule has 0 radical (unpaired) electrons. The second-order valence-corrected chi connectivity index (χ2v) is 3.86. The molecule has 0 saturated heterocycles. The summed E-state index contributed by atoms with van der Waals surface area (Å²) < 4.78 is 5.57. The van der Waals surface area contributed by atoms with Crippen LogP contribution >= 0.6 is 0 Å². The summed E-state index contributed by atoms with van der Waals surface area (Å²) in [4.78, 5) is 0. The molecular formula is C13H20O3. The van der Waals surface area contributed by atoms with Gasteiger partial charge in [0.15, 0.2) is 0 Å². The Morgan fingerprint density at radius 1 is 1.00 bits per heavy atom. The van der Waals surface area contributed by atoms with Crippen molar-refractivity contribution in [3.8, 4) is 5.75 Å². The first-order valence-electron chi connectivity index (χ1n) is 5.77. The minimum atomic E-state index is -0.0286. The summed E-state index contributed by atoms with van der Waals surface area (Å²) in [5.74, 6) is 0.728. The Bertz CT molecular complexity index is 288. The Balaban J connectivity index is 2.57. The summed E-state index contributed by atoms with van der Waals surface area (Å²) in [5.41, 5.74) is 1.55. The topological polar surface area (TPSA) is 49.7 Å². The molecule has 0 heterocycles. The van der Waals surface area contributed by atoms with E-state index in [1.807, 2.05) is 12.1 Å². The highest BCUT2D eigenvalue weighted by Gasteiger charge is 2.01. The number of hydrogen-bond donors (Lipinski definition) is 2. The van der Waals surface area contributed by atoms with Gasteiger partial charge in [0.25, 0.3) is 0 Å². The van der Waals surface area contributed by atoms with Crippen LogP contribution in [0.1, 0.15) is 37.3 Å². The molecule has 1 rings (SSSR count). The average Bonchev–Trinajstić information content (AvgIpc) is 2.34. The van der Waals surface area contributed by atoms with Gasteiger partial charge in [-0.05, 0) is 29.7 Å². The van der Waals surface area contributed by atoms with Gasteiger partial charge in [-0.15, -0.1) is 0 Å². The van der Waals surface area contributed by atoms with Crippen molar-refractivity contribution in [2.24, 2.45) is 0 Å². The molecule has 90 valence electrons. The molecule has 0 amide bonds.